The first-order chi connectivity index (χ1) is 12.4. The van der Waals surface area contributed by atoms with Gasteiger partial charge < -0.3 is 25.2 Å². The zero-order chi connectivity index (χ0) is 19.8. The predicted octanol–water partition coefficient (Wildman–Crippen LogP) is 2.61. The van der Waals surface area contributed by atoms with Gasteiger partial charge in [0.2, 0.25) is 0 Å². The molecule has 4 unspecified atom stereocenters. The SMILES string of the molecule is CCCCCC(O)/C=C/C(O)C(C/C=C/CCCC(=O)O)C(O)CC=O. The number of aldehydes is 1. The fourth-order valence-corrected chi connectivity index (χ4v) is 2.62. The van der Waals surface area contributed by atoms with Crippen LogP contribution in [0.15, 0.2) is 24.3 Å². The van der Waals surface area contributed by atoms with Crippen molar-refractivity contribution in [2.45, 2.75) is 83.0 Å². The van der Waals surface area contributed by atoms with Crippen molar-refractivity contribution in [1.29, 1.82) is 0 Å². The summed E-state index contributed by atoms with van der Waals surface area (Å²) >= 11 is 0. The van der Waals surface area contributed by atoms with E-state index >= 15 is 0 Å². The fraction of sp³-hybridized carbons (Fsp3) is 0.700. The highest BCUT2D eigenvalue weighted by molar-refractivity contribution is 5.66. The second-order valence-corrected chi connectivity index (χ2v) is 6.57. The molecule has 150 valence electrons. The molecule has 0 rings (SSSR count). The van der Waals surface area contributed by atoms with Crippen LogP contribution in [0.5, 0.6) is 0 Å². The zero-order valence-corrected chi connectivity index (χ0v) is 15.7. The van der Waals surface area contributed by atoms with Crippen LogP contribution >= 0.6 is 0 Å². The maximum absolute atomic E-state index is 10.7. The molecule has 0 aromatic carbocycles. The van der Waals surface area contributed by atoms with Gasteiger partial charge in [0.15, 0.2) is 0 Å². The van der Waals surface area contributed by atoms with Crippen LogP contribution in [0.3, 0.4) is 0 Å². The third kappa shape index (κ3) is 12.8. The molecule has 0 radical (unpaired) electrons. The first-order valence-corrected chi connectivity index (χ1v) is 9.45. The summed E-state index contributed by atoms with van der Waals surface area (Å²) in [6.45, 7) is 2.08. The number of unbranched alkanes of at least 4 members (excludes halogenated alkanes) is 3. The molecule has 0 aromatic heterocycles. The van der Waals surface area contributed by atoms with Gasteiger partial charge in [-0.3, -0.25) is 4.79 Å². The number of allylic oxidation sites excluding steroid dienone is 2. The van der Waals surface area contributed by atoms with Gasteiger partial charge in [0.1, 0.15) is 6.29 Å². The Balaban J connectivity index is 4.57. The highest BCUT2D eigenvalue weighted by Gasteiger charge is 2.24. The largest absolute Gasteiger partial charge is 0.481 e. The van der Waals surface area contributed by atoms with E-state index in [1.54, 1.807) is 6.08 Å². The number of aliphatic hydroxyl groups excluding tert-OH is 3. The van der Waals surface area contributed by atoms with Gasteiger partial charge in [0.25, 0.3) is 0 Å². The van der Waals surface area contributed by atoms with Gasteiger partial charge in [-0.2, -0.15) is 0 Å². The number of aliphatic carboxylic acids is 1. The van der Waals surface area contributed by atoms with E-state index in [2.05, 4.69) is 6.92 Å². The standard InChI is InChI=1S/C20H34O6/c1-2-3-6-9-16(22)12-13-18(23)17(19(24)14-15-21)10-7-4-5-8-11-20(25)26/h4,7,12-13,15-19,22-24H,2-3,5-6,8-11,14H2,1H3,(H,25,26)/b7-4+,13-12+. The van der Waals surface area contributed by atoms with Gasteiger partial charge in [-0.15, -0.1) is 0 Å². The second kappa shape index (κ2) is 15.7. The van der Waals surface area contributed by atoms with Crippen molar-refractivity contribution in [1.82, 2.24) is 0 Å². The van der Waals surface area contributed by atoms with Crippen LogP contribution in [0.2, 0.25) is 0 Å². The Morgan fingerprint density at radius 1 is 1.00 bits per heavy atom. The smallest absolute Gasteiger partial charge is 0.303 e. The zero-order valence-electron chi connectivity index (χ0n) is 15.7. The van der Waals surface area contributed by atoms with E-state index < -0.39 is 30.2 Å². The van der Waals surface area contributed by atoms with Gasteiger partial charge in [0, 0.05) is 18.8 Å². The van der Waals surface area contributed by atoms with Crippen molar-refractivity contribution < 1.29 is 30.0 Å². The lowest BCUT2D eigenvalue weighted by atomic mass is 9.89. The molecule has 6 nitrogen and oxygen atoms in total. The molecular weight excluding hydrogens is 336 g/mol. The van der Waals surface area contributed by atoms with Crippen LogP contribution in [0, 0.1) is 5.92 Å². The van der Waals surface area contributed by atoms with Gasteiger partial charge in [0.05, 0.1) is 18.3 Å². The molecule has 0 aromatic rings. The normalized spacial score (nSPS) is 16.6. The van der Waals surface area contributed by atoms with Crippen LogP contribution in [0.25, 0.3) is 0 Å². The van der Waals surface area contributed by atoms with E-state index in [0.29, 0.717) is 32.0 Å². The maximum atomic E-state index is 10.7. The van der Waals surface area contributed by atoms with Gasteiger partial charge >= 0.3 is 5.97 Å². The summed E-state index contributed by atoms with van der Waals surface area (Å²) in [6.07, 6.45) is 9.82. The molecule has 0 heterocycles. The maximum Gasteiger partial charge on any atom is 0.303 e. The van der Waals surface area contributed by atoms with Crippen LogP contribution in [0.1, 0.15) is 64.7 Å². The molecule has 0 amide bonds. The Labute approximate surface area is 156 Å². The van der Waals surface area contributed by atoms with Gasteiger partial charge in [-0.05, 0) is 25.7 Å². The summed E-state index contributed by atoms with van der Waals surface area (Å²) in [4.78, 5) is 21.1. The van der Waals surface area contributed by atoms with E-state index in [1.165, 1.54) is 12.2 Å². The summed E-state index contributed by atoms with van der Waals surface area (Å²) in [5, 5.41) is 38.9. The number of hydrogen-bond donors (Lipinski definition) is 4. The van der Waals surface area contributed by atoms with E-state index in [4.69, 9.17) is 5.11 Å². The highest BCUT2D eigenvalue weighted by Crippen LogP contribution is 2.19. The number of carboxylic acids is 1. The minimum absolute atomic E-state index is 0.0680. The number of rotatable bonds is 16. The number of carboxylic acid groups (broad SMARTS) is 1. The summed E-state index contributed by atoms with van der Waals surface area (Å²) in [5.74, 6) is -1.40. The summed E-state index contributed by atoms with van der Waals surface area (Å²) < 4.78 is 0. The molecule has 0 fully saturated rings. The monoisotopic (exact) mass is 370 g/mol. The van der Waals surface area contributed by atoms with Crippen molar-refractivity contribution >= 4 is 12.3 Å². The highest BCUT2D eigenvalue weighted by atomic mass is 16.4. The lowest BCUT2D eigenvalue weighted by Gasteiger charge is -2.24. The van der Waals surface area contributed by atoms with Crippen LogP contribution < -0.4 is 0 Å². The molecule has 0 saturated carbocycles. The molecule has 0 saturated heterocycles. The van der Waals surface area contributed by atoms with Gasteiger partial charge in [-0.1, -0.05) is 50.5 Å². The van der Waals surface area contributed by atoms with Crippen LogP contribution in [-0.4, -0.2) is 51.0 Å². The first-order valence-electron chi connectivity index (χ1n) is 9.45. The Morgan fingerprint density at radius 2 is 1.73 bits per heavy atom. The summed E-state index contributed by atoms with van der Waals surface area (Å²) in [7, 11) is 0. The lowest BCUT2D eigenvalue weighted by molar-refractivity contribution is -0.137. The Bertz CT molecular complexity index is 432. The minimum atomic E-state index is -0.979. The number of carbonyl (C=O) groups excluding carboxylic acids is 1. The fourth-order valence-electron chi connectivity index (χ4n) is 2.62. The topological polar surface area (TPSA) is 115 Å². The molecule has 4 atom stereocenters. The quantitative estimate of drug-likeness (QED) is 0.189. The molecule has 0 spiro atoms. The van der Waals surface area contributed by atoms with Crippen molar-refractivity contribution in [3.05, 3.63) is 24.3 Å². The number of aliphatic hydroxyl groups is 3. The molecule has 0 aliphatic rings. The predicted molar refractivity (Wildman–Crippen MR) is 101 cm³/mol. The Morgan fingerprint density at radius 3 is 2.35 bits per heavy atom. The molecule has 26 heavy (non-hydrogen) atoms. The summed E-state index contributed by atoms with van der Waals surface area (Å²) in [5.41, 5.74) is 0. The van der Waals surface area contributed by atoms with Crippen molar-refractivity contribution in [2.75, 3.05) is 0 Å². The third-order valence-corrected chi connectivity index (χ3v) is 4.24. The third-order valence-electron chi connectivity index (χ3n) is 4.24. The van der Waals surface area contributed by atoms with Crippen LogP contribution in [0.4, 0.5) is 0 Å². The van der Waals surface area contributed by atoms with Crippen molar-refractivity contribution in [3.8, 4) is 0 Å². The number of carbonyl (C=O) groups is 2. The lowest BCUT2D eigenvalue weighted by Crippen LogP contribution is -2.31. The van der Waals surface area contributed by atoms with Gasteiger partial charge in [-0.25, -0.2) is 0 Å². The molecule has 0 aliphatic heterocycles. The number of hydrogen-bond acceptors (Lipinski definition) is 5. The summed E-state index contributed by atoms with van der Waals surface area (Å²) in [6, 6.07) is 0. The average molecular weight is 370 g/mol. The van der Waals surface area contributed by atoms with Crippen molar-refractivity contribution in [2.24, 2.45) is 5.92 Å². The Kier molecular flexibility index (Phi) is 14.8. The average Bonchev–Trinajstić information content (AvgIpc) is 2.59. The molecular formula is C20H34O6. The molecule has 0 bridgehead atoms. The minimum Gasteiger partial charge on any atom is -0.481 e. The van der Waals surface area contributed by atoms with E-state index in [1.807, 2.05) is 6.08 Å². The van der Waals surface area contributed by atoms with Crippen molar-refractivity contribution in [3.63, 3.8) is 0 Å². The molecule has 6 heteroatoms. The van der Waals surface area contributed by atoms with E-state index in [0.717, 1.165) is 19.3 Å². The second-order valence-electron chi connectivity index (χ2n) is 6.57. The first kappa shape index (κ1) is 24.5. The van der Waals surface area contributed by atoms with E-state index in [-0.39, 0.29) is 12.8 Å². The van der Waals surface area contributed by atoms with E-state index in [9.17, 15) is 24.9 Å². The Hall–Kier alpha value is -1.50. The van der Waals surface area contributed by atoms with Crippen LogP contribution in [-0.2, 0) is 9.59 Å². The molecule has 0 aliphatic carbocycles. The molecule has 4 N–H and O–H groups in total.